The van der Waals surface area contributed by atoms with Crippen molar-refractivity contribution in [1.82, 2.24) is 0 Å². The molecule has 0 fully saturated rings. The van der Waals surface area contributed by atoms with E-state index >= 15 is 0 Å². The van der Waals surface area contributed by atoms with E-state index < -0.39 is 18.1 Å². The van der Waals surface area contributed by atoms with Crippen molar-refractivity contribution in [3.05, 3.63) is 12.3 Å². The molecular weight excluding hydrogens is 148 g/mol. The quantitative estimate of drug-likeness (QED) is 0.477. The van der Waals surface area contributed by atoms with Crippen molar-refractivity contribution >= 4 is 0 Å². The zero-order valence-electron chi connectivity index (χ0n) is 6.05. The molecule has 1 heterocycles. The Morgan fingerprint density at radius 1 is 1.27 bits per heavy atom. The molecule has 0 saturated heterocycles. The largest absolute Gasteiger partial charge is 0.495 e. The summed E-state index contributed by atoms with van der Waals surface area (Å²) >= 11 is 0. The van der Waals surface area contributed by atoms with E-state index in [-0.39, 0.29) is 13.2 Å². The fraction of sp³-hybridized carbons (Fsp3) is 0.714. The average molecular weight is 160 g/mol. The Hall–Kier alpha value is -0.580. The number of hydrogen-bond acceptors (Lipinski definition) is 4. The summed E-state index contributed by atoms with van der Waals surface area (Å²) in [5.74, 6) is -0.412. The van der Waals surface area contributed by atoms with E-state index in [0.29, 0.717) is 0 Å². The molecular formula is C7H12O4. The lowest BCUT2D eigenvalue weighted by molar-refractivity contribution is -0.0468. The molecule has 11 heavy (non-hydrogen) atoms. The maximum Gasteiger partial charge on any atom is 0.129 e. The summed E-state index contributed by atoms with van der Waals surface area (Å²) in [5.41, 5.74) is 0. The molecule has 0 aromatic heterocycles. The fourth-order valence-corrected chi connectivity index (χ4v) is 1.09. The minimum absolute atomic E-state index is 0.184. The SMILES string of the molecule is OCC1OC=CC(O)C1CO. The molecule has 0 saturated carbocycles. The van der Waals surface area contributed by atoms with E-state index in [1.54, 1.807) is 0 Å². The Bertz CT molecular complexity index is 145. The molecule has 3 N–H and O–H groups in total. The average Bonchev–Trinajstić information content (AvgIpc) is 2.04. The summed E-state index contributed by atoms with van der Waals surface area (Å²) in [6.45, 7) is -0.372. The second-order valence-corrected chi connectivity index (χ2v) is 2.52. The molecule has 0 bridgehead atoms. The standard InChI is InChI=1S/C7H12O4/c8-3-5-6(10)1-2-11-7(5)4-9/h1-2,5-10H,3-4H2. The topological polar surface area (TPSA) is 69.9 Å². The van der Waals surface area contributed by atoms with Crippen LogP contribution < -0.4 is 0 Å². The van der Waals surface area contributed by atoms with Gasteiger partial charge in [-0.05, 0) is 6.08 Å². The van der Waals surface area contributed by atoms with Crippen molar-refractivity contribution < 1.29 is 20.1 Å². The van der Waals surface area contributed by atoms with Crippen LogP contribution in [-0.2, 0) is 4.74 Å². The van der Waals surface area contributed by atoms with Crippen molar-refractivity contribution in [2.75, 3.05) is 13.2 Å². The number of ether oxygens (including phenoxy) is 1. The highest BCUT2D eigenvalue weighted by molar-refractivity contribution is 4.95. The van der Waals surface area contributed by atoms with Crippen LogP contribution in [-0.4, -0.2) is 40.7 Å². The molecule has 0 aromatic rings. The van der Waals surface area contributed by atoms with Gasteiger partial charge in [0.2, 0.25) is 0 Å². The summed E-state index contributed by atoms with van der Waals surface area (Å²) in [6, 6.07) is 0. The Kier molecular flexibility index (Phi) is 2.87. The minimum Gasteiger partial charge on any atom is -0.495 e. The Labute approximate surface area is 64.7 Å². The van der Waals surface area contributed by atoms with Gasteiger partial charge in [0, 0.05) is 0 Å². The van der Waals surface area contributed by atoms with Crippen LogP contribution in [0.2, 0.25) is 0 Å². The maximum atomic E-state index is 9.23. The van der Waals surface area contributed by atoms with Crippen molar-refractivity contribution in [3.8, 4) is 0 Å². The first-order valence-corrected chi connectivity index (χ1v) is 3.51. The molecule has 0 aliphatic carbocycles. The first-order chi connectivity index (χ1) is 5.29. The van der Waals surface area contributed by atoms with Crippen molar-refractivity contribution in [2.24, 2.45) is 5.92 Å². The first kappa shape index (κ1) is 8.52. The van der Waals surface area contributed by atoms with Crippen molar-refractivity contribution in [2.45, 2.75) is 12.2 Å². The fourth-order valence-electron chi connectivity index (χ4n) is 1.09. The summed E-state index contributed by atoms with van der Waals surface area (Å²) in [5, 5.41) is 26.7. The highest BCUT2D eigenvalue weighted by Gasteiger charge is 2.29. The van der Waals surface area contributed by atoms with E-state index in [0.717, 1.165) is 0 Å². The lowest BCUT2D eigenvalue weighted by Crippen LogP contribution is -2.39. The van der Waals surface area contributed by atoms with E-state index in [9.17, 15) is 5.11 Å². The van der Waals surface area contributed by atoms with Crippen LogP contribution in [0.3, 0.4) is 0 Å². The molecule has 1 aliphatic rings. The van der Waals surface area contributed by atoms with Gasteiger partial charge < -0.3 is 20.1 Å². The van der Waals surface area contributed by atoms with Crippen LogP contribution in [0.1, 0.15) is 0 Å². The minimum atomic E-state index is -0.717. The zero-order chi connectivity index (χ0) is 8.27. The van der Waals surface area contributed by atoms with Gasteiger partial charge in [-0.15, -0.1) is 0 Å². The lowest BCUT2D eigenvalue weighted by Gasteiger charge is -2.29. The molecule has 0 amide bonds. The van der Waals surface area contributed by atoms with Crippen LogP contribution in [0.4, 0.5) is 0 Å². The summed E-state index contributed by atoms with van der Waals surface area (Å²) < 4.78 is 4.95. The molecule has 4 heteroatoms. The van der Waals surface area contributed by atoms with Crippen LogP contribution in [0, 0.1) is 5.92 Å². The van der Waals surface area contributed by atoms with Gasteiger partial charge in [-0.1, -0.05) is 0 Å². The Morgan fingerprint density at radius 2 is 2.00 bits per heavy atom. The van der Waals surface area contributed by atoms with Crippen LogP contribution in [0.5, 0.6) is 0 Å². The van der Waals surface area contributed by atoms with E-state index in [4.69, 9.17) is 14.9 Å². The number of rotatable bonds is 2. The molecule has 3 atom stereocenters. The molecule has 1 rings (SSSR count). The third-order valence-corrected chi connectivity index (χ3v) is 1.84. The molecule has 0 radical (unpaired) electrons. The first-order valence-electron chi connectivity index (χ1n) is 3.51. The van der Waals surface area contributed by atoms with Crippen LogP contribution >= 0.6 is 0 Å². The summed E-state index contributed by atoms with van der Waals surface area (Å²) in [4.78, 5) is 0. The second-order valence-electron chi connectivity index (χ2n) is 2.52. The molecule has 64 valence electrons. The van der Waals surface area contributed by atoms with Gasteiger partial charge in [-0.2, -0.15) is 0 Å². The highest BCUT2D eigenvalue weighted by atomic mass is 16.5. The van der Waals surface area contributed by atoms with E-state index in [2.05, 4.69) is 0 Å². The Balaban J connectivity index is 2.60. The molecule has 0 spiro atoms. The lowest BCUT2D eigenvalue weighted by atomic mass is 9.95. The number of aliphatic hydroxyl groups excluding tert-OH is 3. The predicted octanol–water partition coefficient (Wildman–Crippen LogP) is -1.14. The smallest absolute Gasteiger partial charge is 0.129 e. The van der Waals surface area contributed by atoms with Crippen LogP contribution in [0.25, 0.3) is 0 Å². The third kappa shape index (κ3) is 1.71. The number of aliphatic hydroxyl groups is 3. The van der Waals surface area contributed by atoms with Gasteiger partial charge in [-0.3, -0.25) is 0 Å². The molecule has 0 aromatic carbocycles. The van der Waals surface area contributed by atoms with Gasteiger partial charge in [0.15, 0.2) is 0 Å². The maximum absolute atomic E-state index is 9.23. The summed E-state index contributed by atoms with van der Waals surface area (Å²) in [6.07, 6.45) is 1.59. The third-order valence-electron chi connectivity index (χ3n) is 1.84. The van der Waals surface area contributed by atoms with Crippen molar-refractivity contribution in [1.29, 1.82) is 0 Å². The van der Waals surface area contributed by atoms with Gasteiger partial charge in [-0.25, -0.2) is 0 Å². The Morgan fingerprint density at radius 3 is 2.45 bits per heavy atom. The molecule has 4 nitrogen and oxygen atoms in total. The van der Waals surface area contributed by atoms with Crippen LogP contribution in [0.15, 0.2) is 12.3 Å². The highest BCUT2D eigenvalue weighted by Crippen LogP contribution is 2.18. The molecule has 3 unspecified atom stereocenters. The van der Waals surface area contributed by atoms with Gasteiger partial charge in [0.25, 0.3) is 0 Å². The second kappa shape index (κ2) is 3.71. The predicted molar refractivity (Wildman–Crippen MR) is 37.7 cm³/mol. The zero-order valence-corrected chi connectivity index (χ0v) is 6.05. The van der Waals surface area contributed by atoms with Gasteiger partial charge in [0.1, 0.15) is 6.10 Å². The summed E-state index contributed by atoms with van der Waals surface area (Å²) in [7, 11) is 0. The normalized spacial score (nSPS) is 36.8. The molecule has 1 aliphatic heterocycles. The van der Waals surface area contributed by atoms with E-state index in [1.165, 1.54) is 12.3 Å². The van der Waals surface area contributed by atoms with Gasteiger partial charge in [0.05, 0.1) is 31.5 Å². The number of hydrogen-bond donors (Lipinski definition) is 3. The van der Waals surface area contributed by atoms with Crippen molar-refractivity contribution in [3.63, 3.8) is 0 Å². The van der Waals surface area contributed by atoms with Gasteiger partial charge >= 0.3 is 0 Å². The van der Waals surface area contributed by atoms with E-state index in [1.807, 2.05) is 0 Å². The monoisotopic (exact) mass is 160 g/mol.